The lowest BCUT2D eigenvalue weighted by atomic mass is 10.1. The van der Waals surface area contributed by atoms with Crippen LogP contribution < -0.4 is 10.2 Å². The van der Waals surface area contributed by atoms with Crippen molar-refractivity contribution in [1.82, 2.24) is 5.32 Å². The van der Waals surface area contributed by atoms with E-state index >= 15 is 0 Å². The van der Waals surface area contributed by atoms with Crippen molar-refractivity contribution in [2.45, 2.75) is 32.9 Å². The fourth-order valence-electron chi connectivity index (χ4n) is 2.53. The standard InChI is InChI=1S/C16H23N3O/c1-3-6-18-11-14-4-5-16(15(9-14)10-17)19-7-8-20-12-13(19)2/h4-5,9,13,18H,3,6-8,11-12H2,1-2H3. The number of hydrogen-bond acceptors (Lipinski definition) is 4. The minimum atomic E-state index is 0.319. The summed E-state index contributed by atoms with van der Waals surface area (Å²) in [6.45, 7) is 8.42. The zero-order valence-corrected chi connectivity index (χ0v) is 12.4. The van der Waals surface area contributed by atoms with Gasteiger partial charge in [0.15, 0.2) is 0 Å². The Morgan fingerprint density at radius 1 is 1.50 bits per heavy atom. The van der Waals surface area contributed by atoms with Gasteiger partial charge in [0.25, 0.3) is 0 Å². The van der Waals surface area contributed by atoms with Crippen molar-refractivity contribution in [1.29, 1.82) is 5.26 Å². The summed E-state index contributed by atoms with van der Waals surface area (Å²) in [6.07, 6.45) is 1.12. The molecule has 1 aromatic rings. The maximum Gasteiger partial charge on any atom is 0.101 e. The number of nitrogens with one attached hydrogen (secondary N) is 1. The first kappa shape index (κ1) is 14.8. The van der Waals surface area contributed by atoms with Crippen molar-refractivity contribution in [3.05, 3.63) is 29.3 Å². The Morgan fingerprint density at radius 2 is 2.35 bits per heavy atom. The molecule has 1 aliphatic rings. The maximum absolute atomic E-state index is 9.40. The molecular weight excluding hydrogens is 250 g/mol. The number of rotatable bonds is 5. The summed E-state index contributed by atoms with van der Waals surface area (Å²) in [5, 5.41) is 12.8. The summed E-state index contributed by atoms with van der Waals surface area (Å²) in [6, 6.07) is 8.84. The normalized spacial score (nSPS) is 18.9. The van der Waals surface area contributed by atoms with Crippen LogP contribution in [-0.2, 0) is 11.3 Å². The van der Waals surface area contributed by atoms with Crippen LogP contribution in [0.5, 0.6) is 0 Å². The molecule has 1 saturated heterocycles. The van der Waals surface area contributed by atoms with E-state index in [0.717, 1.165) is 50.5 Å². The van der Waals surface area contributed by atoms with Crippen molar-refractivity contribution < 1.29 is 4.74 Å². The molecule has 1 unspecified atom stereocenters. The van der Waals surface area contributed by atoms with E-state index in [2.05, 4.69) is 42.3 Å². The molecular formula is C16H23N3O. The van der Waals surface area contributed by atoms with Gasteiger partial charge in [-0.1, -0.05) is 13.0 Å². The Labute approximate surface area is 121 Å². The molecule has 1 N–H and O–H groups in total. The van der Waals surface area contributed by atoms with Gasteiger partial charge in [0.1, 0.15) is 6.07 Å². The number of hydrogen-bond donors (Lipinski definition) is 1. The lowest BCUT2D eigenvalue weighted by Crippen LogP contribution is -2.44. The molecule has 0 aliphatic carbocycles. The molecule has 0 spiro atoms. The van der Waals surface area contributed by atoms with Gasteiger partial charge >= 0.3 is 0 Å². The van der Waals surface area contributed by atoms with E-state index in [1.165, 1.54) is 5.56 Å². The number of anilines is 1. The lowest BCUT2D eigenvalue weighted by Gasteiger charge is -2.35. The summed E-state index contributed by atoms with van der Waals surface area (Å²) < 4.78 is 5.46. The van der Waals surface area contributed by atoms with Gasteiger partial charge in [0.05, 0.1) is 24.5 Å². The van der Waals surface area contributed by atoms with Gasteiger partial charge < -0.3 is 15.0 Å². The van der Waals surface area contributed by atoms with Gasteiger partial charge in [-0.05, 0) is 37.6 Å². The molecule has 4 heteroatoms. The minimum Gasteiger partial charge on any atom is -0.377 e. The predicted octanol–water partition coefficient (Wildman–Crippen LogP) is 2.28. The molecule has 0 bridgehead atoms. The summed E-state index contributed by atoms with van der Waals surface area (Å²) in [5.74, 6) is 0. The molecule has 1 fully saturated rings. The second-order valence-corrected chi connectivity index (χ2v) is 5.26. The Hall–Kier alpha value is -1.57. The molecule has 2 rings (SSSR count). The van der Waals surface area contributed by atoms with Crippen LogP contribution in [-0.4, -0.2) is 32.3 Å². The quantitative estimate of drug-likeness (QED) is 0.836. The van der Waals surface area contributed by atoms with Crippen molar-refractivity contribution in [2.75, 3.05) is 31.2 Å². The van der Waals surface area contributed by atoms with Gasteiger partial charge in [-0.25, -0.2) is 0 Å². The molecule has 1 aliphatic heterocycles. The van der Waals surface area contributed by atoms with E-state index < -0.39 is 0 Å². The van der Waals surface area contributed by atoms with E-state index in [-0.39, 0.29) is 0 Å². The fraction of sp³-hybridized carbons (Fsp3) is 0.562. The summed E-state index contributed by atoms with van der Waals surface area (Å²) in [7, 11) is 0. The average Bonchev–Trinajstić information content (AvgIpc) is 2.48. The average molecular weight is 273 g/mol. The first-order valence-electron chi connectivity index (χ1n) is 7.34. The van der Waals surface area contributed by atoms with Crippen LogP contribution in [0.1, 0.15) is 31.4 Å². The first-order chi connectivity index (χ1) is 9.76. The second kappa shape index (κ2) is 7.28. The van der Waals surface area contributed by atoms with Crippen LogP contribution in [0.25, 0.3) is 0 Å². The summed E-state index contributed by atoms with van der Waals surface area (Å²) in [4.78, 5) is 2.27. The number of benzene rings is 1. The first-order valence-corrected chi connectivity index (χ1v) is 7.34. The number of morpholine rings is 1. The van der Waals surface area contributed by atoms with E-state index in [1.54, 1.807) is 0 Å². The fourth-order valence-corrected chi connectivity index (χ4v) is 2.53. The SMILES string of the molecule is CCCNCc1ccc(N2CCOCC2C)c(C#N)c1. The maximum atomic E-state index is 9.40. The Bertz CT molecular complexity index is 481. The van der Waals surface area contributed by atoms with E-state index in [1.807, 2.05) is 6.07 Å². The number of nitrogens with zero attached hydrogens (tertiary/aromatic N) is 2. The van der Waals surface area contributed by atoms with Crippen molar-refractivity contribution in [3.8, 4) is 6.07 Å². The highest BCUT2D eigenvalue weighted by molar-refractivity contribution is 5.61. The summed E-state index contributed by atoms with van der Waals surface area (Å²) >= 11 is 0. The highest BCUT2D eigenvalue weighted by Gasteiger charge is 2.21. The molecule has 0 saturated carbocycles. The van der Waals surface area contributed by atoms with Crippen LogP contribution in [0.3, 0.4) is 0 Å². The largest absolute Gasteiger partial charge is 0.377 e. The lowest BCUT2D eigenvalue weighted by molar-refractivity contribution is 0.0989. The van der Waals surface area contributed by atoms with Crippen LogP contribution in [0.2, 0.25) is 0 Å². The monoisotopic (exact) mass is 273 g/mol. The van der Waals surface area contributed by atoms with Crippen LogP contribution in [0, 0.1) is 11.3 Å². The number of ether oxygens (including phenoxy) is 1. The van der Waals surface area contributed by atoms with Crippen molar-refractivity contribution in [2.24, 2.45) is 0 Å². The van der Waals surface area contributed by atoms with Crippen molar-refractivity contribution >= 4 is 5.69 Å². The molecule has 1 atom stereocenters. The van der Waals surface area contributed by atoms with Gasteiger partial charge in [-0.15, -0.1) is 0 Å². The zero-order valence-electron chi connectivity index (χ0n) is 12.4. The molecule has 108 valence electrons. The predicted molar refractivity (Wildman–Crippen MR) is 80.8 cm³/mol. The molecule has 4 nitrogen and oxygen atoms in total. The Morgan fingerprint density at radius 3 is 3.05 bits per heavy atom. The van der Waals surface area contributed by atoms with Gasteiger partial charge in [-0.3, -0.25) is 0 Å². The molecule has 20 heavy (non-hydrogen) atoms. The minimum absolute atomic E-state index is 0.319. The third kappa shape index (κ3) is 3.50. The van der Waals surface area contributed by atoms with Gasteiger partial charge in [0, 0.05) is 19.1 Å². The van der Waals surface area contributed by atoms with Gasteiger partial charge in [-0.2, -0.15) is 5.26 Å². The topological polar surface area (TPSA) is 48.3 Å². The second-order valence-electron chi connectivity index (χ2n) is 5.26. The van der Waals surface area contributed by atoms with E-state index in [0.29, 0.717) is 6.04 Å². The number of nitriles is 1. The Balaban J connectivity index is 2.15. The molecule has 0 aromatic heterocycles. The molecule has 1 aromatic carbocycles. The Kier molecular flexibility index (Phi) is 5.40. The third-order valence-corrected chi connectivity index (χ3v) is 3.61. The van der Waals surface area contributed by atoms with Crippen LogP contribution in [0.15, 0.2) is 18.2 Å². The molecule has 0 amide bonds. The van der Waals surface area contributed by atoms with Crippen LogP contribution in [0.4, 0.5) is 5.69 Å². The van der Waals surface area contributed by atoms with E-state index in [4.69, 9.17) is 4.74 Å². The van der Waals surface area contributed by atoms with E-state index in [9.17, 15) is 5.26 Å². The summed E-state index contributed by atoms with van der Waals surface area (Å²) in [5.41, 5.74) is 2.96. The van der Waals surface area contributed by atoms with Gasteiger partial charge in [0.2, 0.25) is 0 Å². The zero-order chi connectivity index (χ0) is 14.4. The van der Waals surface area contributed by atoms with Crippen molar-refractivity contribution in [3.63, 3.8) is 0 Å². The molecule has 0 radical (unpaired) electrons. The van der Waals surface area contributed by atoms with Crippen LogP contribution >= 0.6 is 0 Å². The smallest absolute Gasteiger partial charge is 0.101 e. The third-order valence-electron chi connectivity index (χ3n) is 3.61. The molecule has 1 heterocycles. The highest BCUT2D eigenvalue weighted by Crippen LogP contribution is 2.25. The highest BCUT2D eigenvalue weighted by atomic mass is 16.5.